The number of rotatable bonds is 4. The largest absolute Gasteiger partial charge is 0.347 e. The van der Waals surface area contributed by atoms with Gasteiger partial charge in [0.1, 0.15) is 5.82 Å². The Bertz CT molecular complexity index is 1030. The van der Waals surface area contributed by atoms with Gasteiger partial charge >= 0.3 is 6.03 Å². The van der Waals surface area contributed by atoms with Crippen LogP contribution in [0.3, 0.4) is 0 Å². The van der Waals surface area contributed by atoms with E-state index in [2.05, 4.69) is 5.32 Å². The van der Waals surface area contributed by atoms with Crippen LogP contribution in [0, 0.1) is 0 Å². The summed E-state index contributed by atoms with van der Waals surface area (Å²) in [4.78, 5) is 33.6. The minimum Gasteiger partial charge on any atom is -0.347 e. The molecule has 0 saturated carbocycles. The lowest BCUT2D eigenvalue weighted by atomic mass is 10.2. The topological polar surface area (TPSA) is 70.0 Å². The van der Waals surface area contributed by atoms with Crippen molar-refractivity contribution in [1.29, 1.82) is 0 Å². The highest BCUT2D eigenvalue weighted by molar-refractivity contribution is 5.99. The summed E-state index contributed by atoms with van der Waals surface area (Å²) in [7, 11) is 3.51. The van der Waals surface area contributed by atoms with Gasteiger partial charge in [-0.05, 0) is 30.5 Å². The van der Waals surface area contributed by atoms with Gasteiger partial charge in [-0.3, -0.25) is 4.79 Å². The summed E-state index contributed by atoms with van der Waals surface area (Å²) < 4.78 is 1.93. The van der Waals surface area contributed by atoms with E-state index in [0.717, 1.165) is 29.7 Å². The molecule has 29 heavy (non-hydrogen) atoms. The summed E-state index contributed by atoms with van der Waals surface area (Å²) in [5, 5.41) is 2.96. The van der Waals surface area contributed by atoms with E-state index in [-0.39, 0.29) is 18.0 Å². The van der Waals surface area contributed by atoms with Crippen molar-refractivity contribution in [2.24, 2.45) is 0 Å². The summed E-state index contributed by atoms with van der Waals surface area (Å²) in [6.07, 6.45) is 3.66. The zero-order valence-electron chi connectivity index (χ0n) is 16.7. The van der Waals surface area contributed by atoms with Gasteiger partial charge in [-0.2, -0.15) is 0 Å². The molecule has 3 aromatic rings. The maximum Gasteiger partial charge on any atom is 0.320 e. The van der Waals surface area contributed by atoms with Crippen molar-refractivity contribution in [3.05, 3.63) is 71.8 Å². The van der Waals surface area contributed by atoms with Gasteiger partial charge in [0, 0.05) is 33.4 Å². The maximum absolute atomic E-state index is 12.9. The normalized spacial score (nSPS) is 16.2. The number of pyridine rings is 1. The average Bonchev–Trinajstić information content (AvgIpc) is 3.37. The minimum absolute atomic E-state index is 0.0322. The molecule has 1 aromatic carbocycles. The summed E-state index contributed by atoms with van der Waals surface area (Å²) >= 11 is 0. The van der Waals surface area contributed by atoms with Gasteiger partial charge in [-0.15, -0.1) is 0 Å². The molecule has 2 aromatic heterocycles. The smallest absolute Gasteiger partial charge is 0.320 e. The lowest BCUT2D eigenvalue weighted by Gasteiger charge is -2.27. The third-order valence-corrected chi connectivity index (χ3v) is 5.27. The first-order valence-electron chi connectivity index (χ1n) is 9.83. The molecular formula is C22H25N5O2. The number of benzene rings is 1. The zero-order valence-corrected chi connectivity index (χ0v) is 16.7. The number of aromatic nitrogens is 2. The molecule has 1 fully saturated rings. The van der Waals surface area contributed by atoms with Gasteiger partial charge in [-0.25, -0.2) is 9.78 Å². The van der Waals surface area contributed by atoms with Gasteiger partial charge in [0.25, 0.3) is 5.91 Å². The SMILES string of the molecule is CN(C)C(=O)N1CCC[C@@H]1c1nc(C(=O)NCc2ccccc2)c2ccccn12. The highest BCUT2D eigenvalue weighted by atomic mass is 16.2. The van der Waals surface area contributed by atoms with Crippen LogP contribution in [0.1, 0.15) is 40.8 Å². The number of hydrogen-bond donors (Lipinski definition) is 1. The molecule has 150 valence electrons. The quantitative estimate of drug-likeness (QED) is 0.743. The fourth-order valence-electron chi connectivity index (χ4n) is 3.85. The molecule has 0 radical (unpaired) electrons. The number of imidazole rings is 1. The van der Waals surface area contributed by atoms with E-state index in [1.54, 1.807) is 19.0 Å². The van der Waals surface area contributed by atoms with Crippen LogP contribution in [0.15, 0.2) is 54.7 Å². The highest BCUT2D eigenvalue weighted by Gasteiger charge is 2.34. The van der Waals surface area contributed by atoms with Crippen LogP contribution >= 0.6 is 0 Å². The molecule has 1 aliphatic rings. The van der Waals surface area contributed by atoms with Crippen LogP contribution in [0.25, 0.3) is 5.52 Å². The van der Waals surface area contributed by atoms with E-state index >= 15 is 0 Å². The number of urea groups is 1. The Hall–Kier alpha value is -3.35. The van der Waals surface area contributed by atoms with E-state index < -0.39 is 0 Å². The summed E-state index contributed by atoms with van der Waals surface area (Å²) in [5.41, 5.74) is 2.17. The summed E-state index contributed by atoms with van der Waals surface area (Å²) in [6, 6.07) is 15.3. The standard InChI is InChI=1S/C22H25N5O2/c1-25(2)22(29)27-14-8-12-18(27)20-24-19(17-11-6-7-13-26(17)20)21(28)23-15-16-9-4-3-5-10-16/h3-7,9-11,13,18H,8,12,14-15H2,1-2H3,(H,23,28)/t18-/m1/s1. The van der Waals surface area contributed by atoms with Crippen molar-refractivity contribution in [2.75, 3.05) is 20.6 Å². The van der Waals surface area contributed by atoms with E-state index in [0.29, 0.717) is 18.8 Å². The third kappa shape index (κ3) is 3.68. The van der Waals surface area contributed by atoms with Crippen LogP contribution in [-0.2, 0) is 6.54 Å². The molecule has 0 aliphatic carbocycles. The van der Waals surface area contributed by atoms with Crippen molar-refractivity contribution in [1.82, 2.24) is 24.5 Å². The fraction of sp³-hybridized carbons (Fsp3) is 0.318. The lowest BCUT2D eigenvalue weighted by molar-refractivity contribution is 0.0948. The second-order valence-electron chi connectivity index (χ2n) is 7.47. The Morgan fingerprint density at radius 2 is 1.90 bits per heavy atom. The molecule has 7 nitrogen and oxygen atoms in total. The Morgan fingerprint density at radius 1 is 1.14 bits per heavy atom. The number of carbonyl (C=O) groups is 2. The molecular weight excluding hydrogens is 366 g/mol. The Balaban J connectivity index is 1.65. The monoisotopic (exact) mass is 391 g/mol. The molecule has 1 aliphatic heterocycles. The van der Waals surface area contributed by atoms with E-state index in [9.17, 15) is 9.59 Å². The molecule has 1 atom stereocenters. The molecule has 7 heteroatoms. The number of likely N-dealkylation sites (tertiary alicyclic amines) is 1. The minimum atomic E-state index is -0.215. The van der Waals surface area contributed by atoms with E-state index in [1.807, 2.05) is 64.0 Å². The molecule has 4 rings (SSSR count). The predicted molar refractivity (Wildman–Crippen MR) is 111 cm³/mol. The lowest BCUT2D eigenvalue weighted by Crippen LogP contribution is -2.39. The zero-order chi connectivity index (χ0) is 20.4. The van der Waals surface area contributed by atoms with E-state index in [1.165, 1.54) is 0 Å². The van der Waals surface area contributed by atoms with Gasteiger partial charge in [0.15, 0.2) is 5.69 Å². The number of carbonyl (C=O) groups excluding carboxylic acids is 2. The second-order valence-corrected chi connectivity index (χ2v) is 7.47. The predicted octanol–water partition coefficient (Wildman–Crippen LogP) is 3.08. The van der Waals surface area contributed by atoms with Crippen molar-refractivity contribution >= 4 is 17.5 Å². The van der Waals surface area contributed by atoms with Crippen molar-refractivity contribution in [3.8, 4) is 0 Å². The number of nitrogens with zero attached hydrogens (tertiary/aromatic N) is 4. The van der Waals surface area contributed by atoms with Crippen molar-refractivity contribution in [3.63, 3.8) is 0 Å². The van der Waals surface area contributed by atoms with E-state index in [4.69, 9.17) is 4.98 Å². The average molecular weight is 391 g/mol. The molecule has 3 amide bonds. The number of fused-ring (bicyclic) bond motifs is 1. The van der Waals surface area contributed by atoms with Gasteiger partial charge in [-0.1, -0.05) is 36.4 Å². The van der Waals surface area contributed by atoms with Gasteiger partial charge in [0.05, 0.1) is 11.6 Å². The molecule has 0 spiro atoms. The van der Waals surface area contributed by atoms with Gasteiger partial charge < -0.3 is 19.5 Å². The van der Waals surface area contributed by atoms with Crippen molar-refractivity contribution < 1.29 is 9.59 Å². The maximum atomic E-state index is 12.9. The van der Waals surface area contributed by atoms with Crippen LogP contribution in [0.2, 0.25) is 0 Å². The fourth-order valence-corrected chi connectivity index (χ4v) is 3.85. The first-order valence-corrected chi connectivity index (χ1v) is 9.83. The molecule has 3 heterocycles. The van der Waals surface area contributed by atoms with Crippen LogP contribution in [-0.4, -0.2) is 51.8 Å². The number of amides is 3. The first-order chi connectivity index (χ1) is 14.1. The second kappa shape index (κ2) is 7.95. The Morgan fingerprint density at radius 3 is 2.66 bits per heavy atom. The Labute approximate surface area is 169 Å². The molecule has 0 unspecified atom stereocenters. The molecule has 1 N–H and O–H groups in total. The number of hydrogen-bond acceptors (Lipinski definition) is 3. The Kier molecular flexibility index (Phi) is 5.20. The molecule has 0 bridgehead atoms. The summed E-state index contributed by atoms with van der Waals surface area (Å²) in [5.74, 6) is 0.519. The first kappa shape index (κ1) is 19.0. The van der Waals surface area contributed by atoms with Crippen LogP contribution in [0.5, 0.6) is 0 Å². The number of nitrogens with one attached hydrogen (secondary N) is 1. The summed E-state index contributed by atoms with van der Waals surface area (Å²) in [6.45, 7) is 1.13. The van der Waals surface area contributed by atoms with Gasteiger partial charge in [0.2, 0.25) is 0 Å². The molecule has 1 saturated heterocycles. The van der Waals surface area contributed by atoms with Crippen LogP contribution in [0.4, 0.5) is 4.79 Å². The highest BCUT2D eigenvalue weighted by Crippen LogP contribution is 2.33. The third-order valence-electron chi connectivity index (χ3n) is 5.27. The van der Waals surface area contributed by atoms with Crippen LogP contribution < -0.4 is 5.32 Å². The van der Waals surface area contributed by atoms with Crippen molar-refractivity contribution in [2.45, 2.75) is 25.4 Å².